The first-order valence-corrected chi connectivity index (χ1v) is 9.86. The number of aromatic hydroxyl groups is 7. The van der Waals surface area contributed by atoms with Gasteiger partial charge in [-0.2, -0.15) is 0 Å². The van der Waals surface area contributed by atoms with Crippen LogP contribution in [0.3, 0.4) is 0 Å². The van der Waals surface area contributed by atoms with Gasteiger partial charge in [-0.3, -0.25) is 0 Å². The number of carbonyl (C=O) groups excluding carboxylic acids is 1. The third-order valence-corrected chi connectivity index (χ3v) is 5.34. The number of carbonyl (C=O) groups is 1. The van der Waals surface area contributed by atoms with Crippen LogP contribution in [0.1, 0.15) is 27.6 Å². The molecule has 1 heterocycles. The van der Waals surface area contributed by atoms with Gasteiger partial charge in [0.25, 0.3) is 0 Å². The number of fused-ring (bicyclic) bond motifs is 1. The summed E-state index contributed by atoms with van der Waals surface area (Å²) in [5, 5.41) is 69.5. The summed E-state index contributed by atoms with van der Waals surface area (Å²) < 4.78 is 16.2. The number of hydrogen-bond acceptors (Lipinski definition) is 11. The van der Waals surface area contributed by atoms with Crippen LogP contribution in [0.5, 0.6) is 51.7 Å². The number of esters is 1. The molecule has 0 fully saturated rings. The van der Waals surface area contributed by atoms with Crippen LogP contribution in [0.15, 0.2) is 36.4 Å². The Balaban J connectivity index is 1.74. The average molecular weight is 472 g/mol. The Labute approximate surface area is 191 Å². The number of ether oxygens (including phenoxy) is 3. The van der Waals surface area contributed by atoms with Gasteiger partial charge in [0, 0.05) is 29.7 Å². The smallest absolute Gasteiger partial charge is 0.338 e. The molecule has 0 saturated carbocycles. The second kappa shape index (κ2) is 8.35. The van der Waals surface area contributed by atoms with Crippen molar-refractivity contribution in [2.24, 2.45) is 0 Å². The van der Waals surface area contributed by atoms with Crippen LogP contribution >= 0.6 is 0 Å². The zero-order chi connectivity index (χ0) is 24.7. The minimum atomic E-state index is -1.16. The van der Waals surface area contributed by atoms with Crippen molar-refractivity contribution in [3.05, 3.63) is 53.1 Å². The second-order valence-electron chi connectivity index (χ2n) is 7.58. The molecule has 0 saturated heterocycles. The van der Waals surface area contributed by atoms with E-state index in [9.17, 15) is 40.5 Å². The summed E-state index contributed by atoms with van der Waals surface area (Å²) in [6.07, 6.45) is -2.41. The van der Waals surface area contributed by atoms with Crippen LogP contribution in [0.2, 0.25) is 0 Å². The molecule has 0 bridgehead atoms. The van der Waals surface area contributed by atoms with E-state index in [1.807, 2.05) is 0 Å². The van der Waals surface area contributed by atoms with Crippen LogP contribution in [-0.2, 0) is 11.2 Å². The van der Waals surface area contributed by atoms with Gasteiger partial charge >= 0.3 is 5.97 Å². The van der Waals surface area contributed by atoms with E-state index in [2.05, 4.69) is 0 Å². The molecule has 0 unspecified atom stereocenters. The van der Waals surface area contributed by atoms with E-state index >= 15 is 0 Å². The fourth-order valence-electron chi connectivity index (χ4n) is 3.75. The molecule has 7 N–H and O–H groups in total. The molecule has 0 spiro atoms. The highest BCUT2D eigenvalue weighted by Gasteiger charge is 2.37. The monoisotopic (exact) mass is 472 g/mol. The molecule has 1 aliphatic rings. The van der Waals surface area contributed by atoms with Gasteiger partial charge in [0.05, 0.1) is 12.7 Å². The lowest BCUT2D eigenvalue weighted by molar-refractivity contribution is -0.0189. The second-order valence-corrected chi connectivity index (χ2v) is 7.58. The third-order valence-electron chi connectivity index (χ3n) is 5.34. The first kappa shape index (κ1) is 22.5. The van der Waals surface area contributed by atoms with E-state index in [1.165, 1.54) is 13.2 Å². The van der Waals surface area contributed by atoms with Gasteiger partial charge in [-0.1, -0.05) is 0 Å². The van der Waals surface area contributed by atoms with Gasteiger partial charge < -0.3 is 50.0 Å². The molecule has 11 heteroatoms. The Morgan fingerprint density at radius 3 is 2.06 bits per heavy atom. The molecule has 0 aliphatic carbocycles. The Bertz CT molecular complexity index is 1240. The minimum Gasteiger partial charge on any atom is -0.508 e. The molecule has 0 aromatic heterocycles. The molecule has 11 nitrogen and oxygen atoms in total. The fourth-order valence-corrected chi connectivity index (χ4v) is 3.75. The average Bonchev–Trinajstić information content (AvgIpc) is 2.76. The maximum atomic E-state index is 12.9. The van der Waals surface area contributed by atoms with Crippen molar-refractivity contribution in [1.82, 2.24) is 0 Å². The van der Waals surface area contributed by atoms with E-state index in [-0.39, 0.29) is 46.1 Å². The van der Waals surface area contributed by atoms with Gasteiger partial charge in [0.1, 0.15) is 23.4 Å². The Kier molecular flexibility index (Phi) is 5.53. The zero-order valence-electron chi connectivity index (χ0n) is 17.6. The molecule has 0 amide bonds. The lowest BCUT2D eigenvalue weighted by Crippen LogP contribution is -2.34. The van der Waals surface area contributed by atoms with Crippen LogP contribution in [-0.4, -0.2) is 54.9 Å². The van der Waals surface area contributed by atoms with Gasteiger partial charge in [0.15, 0.2) is 34.9 Å². The highest BCUT2D eigenvalue weighted by Crippen LogP contribution is 2.46. The molecule has 3 aromatic carbocycles. The van der Waals surface area contributed by atoms with Gasteiger partial charge in [-0.25, -0.2) is 4.79 Å². The van der Waals surface area contributed by atoms with Crippen LogP contribution < -0.4 is 9.47 Å². The maximum absolute atomic E-state index is 12.9. The predicted octanol–water partition coefficient (Wildman–Crippen LogP) is 2.54. The predicted molar refractivity (Wildman–Crippen MR) is 114 cm³/mol. The van der Waals surface area contributed by atoms with Crippen molar-refractivity contribution >= 4 is 5.97 Å². The number of benzene rings is 3. The summed E-state index contributed by atoms with van der Waals surface area (Å²) >= 11 is 0. The topological polar surface area (TPSA) is 186 Å². The number of phenols is 7. The Morgan fingerprint density at radius 1 is 0.853 bits per heavy atom. The summed E-state index contributed by atoms with van der Waals surface area (Å²) in [5.41, 5.74) is 0.116. The quantitative estimate of drug-likeness (QED) is 0.218. The van der Waals surface area contributed by atoms with E-state index in [4.69, 9.17) is 14.2 Å². The van der Waals surface area contributed by atoms with Crippen LogP contribution in [0, 0.1) is 0 Å². The number of hydrogen-bond donors (Lipinski definition) is 7. The lowest BCUT2D eigenvalue weighted by atomic mass is 9.93. The van der Waals surface area contributed by atoms with E-state index < -0.39 is 46.9 Å². The van der Waals surface area contributed by atoms with Crippen molar-refractivity contribution in [3.63, 3.8) is 0 Å². The van der Waals surface area contributed by atoms with E-state index in [1.54, 1.807) is 0 Å². The molecule has 2 atom stereocenters. The number of phenolic OH excluding ortho intramolecular Hbond substituents is 7. The van der Waals surface area contributed by atoms with Gasteiger partial charge in [-0.05, 0) is 24.3 Å². The summed E-state index contributed by atoms with van der Waals surface area (Å²) in [4.78, 5) is 12.9. The first-order valence-electron chi connectivity index (χ1n) is 9.86. The summed E-state index contributed by atoms with van der Waals surface area (Å²) in [7, 11) is 1.22. The SMILES string of the molecule is COc1c(O)cc(C(=O)O[C@H]2Cc3c(O)cc(O)cc3O[C@@H]2c2cc(O)c(O)c(O)c2)cc1O. The Morgan fingerprint density at radius 2 is 1.47 bits per heavy atom. The molecule has 3 aromatic rings. The van der Waals surface area contributed by atoms with E-state index in [0.29, 0.717) is 0 Å². The molecule has 34 heavy (non-hydrogen) atoms. The molecular weight excluding hydrogens is 452 g/mol. The molecular formula is C23H20O11. The number of rotatable bonds is 4. The summed E-state index contributed by atoms with van der Waals surface area (Å²) in [6, 6.07) is 6.57. The van der Waals surface area contributed by atoms with Gasteiger partial charge in [0.2, 0.25) is 5.75 Å². The highest BCUT2D eigenvalue weighted by molar-refractivity contribution is 5.91. The van der Waals surface area contributed by atoms with Crippen molar-refractivity contribution in [2.75, 3.05) is 7.11 Å². The van der Waals surface area contributed by atoms with Crippen LogP contribution in [0.25, 0.3) is 0 Å². The zero-order valence-corrected chi connectivity index (χ0v) is 17.6. The van der Waals surface area contributed by atoms with Crippen molar-refractivity contribution in [2.45, 2.75) is 18.6 Å². The molecule has 1 aliphatic heterocycles. The van der Waals surface area contributed by atoms with Crippen LogP contribution in [0.4, 0.5) is 0 Å². The number of methoxy groups -OCH3 is 1. The minimum absolute atomic E-state index is 0.0709. The van der Waals surface area contributed by atoms with Crippen molar-refractivity contribution in [1.29, 1.82) is 0 Å². The van der Waals surface area contributed by atoms with Crippen molar-refractivity contribution in [3.8, 4) is 51.7 Å². The van der Waals surface area contributed by atoms with Crippen molar-refractivity contribution < 1.29 is 54.8 Å². The fraction of sp³-hybridized carbons (Fsp3) is 0.174. The first-order chi connectivity index (χ1) is 16.1. The normalized spacial score (nSPS) is 16.9. The molecule has 0 radical (unpaired) electrons. The maximum Gasteiger partial charge on any atom is 0.338 e. The largest absolute Gasteiger partial charge is 0.508 e. The third kappa shape index (κ3) is 3.94. The summed E-state index contributed by atoms with van der Waals surface area (Å²) in [5.74, 6) is -4.80. The lowest BCUT2D eigenvalue weighted by Gasteiger charge is -2.34. The standard InChI is InChI=1S/C23H20O11/c1-32-22-16(28)4-10(5-17(22)29)23(31)34-19-8-12-13(25)6-11(24)7-18(12)33-21(19)9-2-14(26)20(30)15(27)3-9/h2-7,19,21,24-30H,8H2,1H3/t19-,21+/m0/s1. The highest BCUT2D eigenvalue weighted by atomic mass is 16.6. The molecule has 178 valence electrons. The summed E-state index contributed by atoms with van der Waals surface area (Å²) in [6.45, 7) is 0. The van der Waals surface area contributed by atoms with E-state index in [0.717, 1.165) is 30.3 Å². The Hall–Kier alpha value is -4.67. The molecule has 4 rings (SSSR count). The van der Waals surface area contributed by atoms with Gasteiger partial charge in [-0.15, -0.1) is 0 Å².